The molecule has 0 N–H and O–H groups in total. The maximum absolute atomic E-state index is 13.0. The summed E-state index contributed by atoms with van der Waals surface area (Å²) in [5, 5.41) is 0.778. The van der Waals surface area contributed by atoms with Gasteiger partial charge in [0.15, 0.2) is 5.60 Å². The standard InChI is InChI=1S/C26H22Cl2O5/c1-13(2)30-23-11-21-17(9-19(23)27)26(16-8-6-5-7-15(16)25(29)33-26)18-10-20(28)24(31-14(3)4)12-22(18)32-21/h5-14H,1-4H3. The van der Waals surface area contributed by atoms with Crippen molar-refractivity contribution in [1.29, 1.82) is 0 Å². The fraction of sp³-hybridized carbons (Fsp3) is 0.269. The topological polar surface area (TPSA) is 54.0 Å². The number of benzene rings is 3. The van der Waals surface area contributed by atoms with E-state index in [0.717, 1.165) is 0 Å². The van der Waals surface area contributed by atoms with Crippen LogP contribution >= 0.6 is 23.2 Å². The molecule has 1 spiro atoms. The Labute approximate surface area is 202 Å². The van der Waals surface area contributed by atoms with Gasteiger partial charge in [-0.1, -0.05) is 41.4 Å². The molecule has 0 atom stereocenters. The van der Waals surface area contributed by atoms with Gasteiger partial charge in [-0.25, -0.2) is 4.79 Å². The van der Waals surface area contributed by atoms with Gasteiger partial charge in [0.25, 0.3) is 0 Å². The maximum atomic E-state index is 13.0. The average Bonchev–Trinajstić information content (AvgIpc) is 3.04. The lowest BCUT2D eigenvalue weighted by atomic mass is 9.77. The van der Waals surface area contributed by atoms with E-state index >= 15 is 0 Å². The first-order valence-corrected chi connectivity index (χ1v) is 11.5. The number of carbonyl (C=O) groups is 1. The van der Waals surface area contributed by atoms with Gasteiger partial charge < -0.3 is 18.9 Å². The van der Waals surface area contributed by atoms with Crippen molar-refractivity contribution in [2.75, 3.05) is 0 Å². The fourth-order valence-corrected chi connectivity index (χ4v) is 4.77. The minimum Gasteiger partial charge on any atom is -0.489 e. The van der Waals surface area contributed by atoms with E-state index in [1.54, 1.807) is 36.4 Å². The van der Waals surface area contributed by atoms with E-state index in [9.17, 15) is 4.79 Å². The molecule has 3 aromatic rings. The Morgan fingerprint density at radius 3 is 1.82 bits per heavy atom. The summed E-state index contributed by atoms with van der Waals surface area (Å²) in [5.41, 5.74) is 1.11. The number of ether oxygens (including phenoxy) is 4. The van der Waals surface area contributed by atoms with Gasteiger partial charge in [0.2, 0.25) is 0 Å². The Bertz CT molecular complexity index is 1220. The molecule has 170 valence electrons. The molecule has 2 heterocycles. The molecule has 0 saturated carbocycles. The zero-order chi connectivity index (χ0) is 23.5. The van der Waals surface area contributed by atoms with Crippen molar-refractivity contribution >= 4 is 29.2 Å². The van der Waals surface area contributed by atoms with Crippen LogP contribution in [0.25, 0.3) is 0 Å². The molecule has 5 rings (SSSR count). The molecule has 2 aliphatic heterocycles. The summed E-state index contributed by atoms with van der Waals surface area (Å²) in [5.74, 6) is 1.49. The SMILES string of the molecule is CC(C)Oc1cc2c(cc1Cl)C1(OC(=O)c3ccccc31)c1cc(Cl)c(OC(C)C)cc1O2. The molecule has 0 saturated heterocycles. The Kier molecular flexibility index (Phi) is 5.22. The summed E-state index contributed by atoms with van der Waals surface area (Å²) in [4.78, 5) is 13.0. The largest absolute Gasteiger partial charge is 0.489 e. The number of rotatable bonds is 4. The monoisotopic (exact) mass is 484 g/mol. The molecule has 0 radical (unpaired) electrons. The molecule has 0 unspecified atom stereocenters. The van der Waals surface area contributed by atoms with Gasteiger partial charge in [-0.3, -0.25) is 0 Å². The lowest BCUT2D eigenvalue weighted by molar-refractivity contribution is 0.0224. The summed E-state index contributed by atoms with van der Waals surface area (Å²) in [6.07, 6.45) is -0.166. The number of fused-ring (bicyclic) bond motifs is 6. The quantitative estimate of drug-likeness (QED) is 0.368. The minimum atomic E-state index is -1.27. The van der Waals surface area contributed by atoms with Gasteiger partial charge in [-0.2, -0.15) is 0 Å². The molecule has 33 heavy (non-hydrogen) atoms. The molecule has 0 aliphatic carbocycles. The highest BCUT2D eigenvalue weighted by Gasteiger charge is 2.54. The number of carbonyl (C=O) groups excluding carboxylic acids is 1. The van der Waals surface area contributed by atoms with Crippen molar-refractivity contribution in [3.63, 3.8) is 0 Å². The van der Waals surface area contributed by atoms with E-state index in [2.05, 4.69) is 0 Å². The predicted octanol–water partition coefficient (Wildman–Crippen LogP) is 7.14. The van der Waals surface area contributed by atoms with Gasteiger partial charge >= 0.3 is 5.97 Å². The molecule has 5 nitrogen and oxygen atoms in total. The number of esters is 1. The first-order valence-electron chi connectivity index (χ1n) is 10.7. The van der Waals surface area contributed by atoms with Crippen LogP contribution in [0, 0.1) is 0 Å². The third-order valence-corrected chi connectivity index (χ3v) is 6.13. The molecular weight excluding hydrogens is 463 g/mol. The molecule has 7 heteroatoms. The van der Waals surface area contributed by atoms with E-state index in [0.29, 0.717) is 55.3 Å². The van der Waals surface area contributed by atoms with Crippen molar-refractivity contribution in [3.05, 3.63) is 80.8 Å². The summed E-state index contributed by atoms with van der Waals surface area (Å²) in [6.45, 7) is 7.67. The van der Waals surface area contributed by atoms with Crippen molar-refractivity contribution in [2.45, 2.75) is 45.5 Å². The smallest absolute Gasteiger partial charge is 0.340 e. The van der Waals surface area contributed by atoms with Crippen LogP contribution in [0.3, 0.4) is 0 Å². The van der Waals surface area contributed by atoms with Crippen LogP contribution < -0.4 is 14.2 Å². The van der Waals surface area contributed by atoms with Gasteiger partial charge in [-0.15, -0.1) is 0 Å². The minimum absolute atomic E-state index is 0.0831. The van der Waals surface area contributed by atoms with Crippen LogP contribution in [0.1, 0.15) is 54.7 Å². The Morgan fingerprint density at radius 1 is 0.788 bits per heavy atom. The lowest BCUT2D eigenvalue weighted by Crippen LogP contribution is -2.33. The fourth-order valence-electron chi connectivity index (χ4n) is 4.36. The number of hydrogen-bond acceptors (Lipinski definition) is 5. The summed E-state index contributed by atoms with van der Waals surface area (Å²) in [7, 11) is 0. The van der Waals surface area contributed by atoms with Gasteiger partial charge in [0.1, 0.15) is 23.0 Å². The van der Waals surface area contributed by atoms with Gasteiger partial charge in [0.05, 0.1) is 27.8 Å². The Hall–Kier alpha value is -2.89. The lowest BCUT2D eigenvalue weighted by Gasteiger charge is -2.37. The highest BCUT2D eigenvalue weighted by molar-refractivity contribution is 6.32. The summed E-state index contributed by atoms with van der Waals surface area (Å²) < 4.78 is 24.2. The second-order valence-corrected chi connectivity index (χ2v) is 9.42. The van der Waals surface area contributed by atoms with E-state index in [4.69, 9.17) is 42.1 Å². The van der Waals surface area contributed by atoms with Gasteiger partial charge in [0, 0.05) is 28.8 Å². The molecule has 0 bridgehead atoms. The normalized spacial score (nSPS) is 15.1. The molecule has 3 aromatic carbocycles. The van der Waals surface area contributed by atoms with Crippen LogP contribution in [0.4, 0.5) is 0 Å². The summed E-state index contributed by atoms with van der Waals surface area (Å²) in [6, 6.07) is 14.2. The zero-order valence-corrected chi connectivity index (χ0v) is 20.1. The second-order valence-electron chi connectivity index (χ2n) is 8.61. The molecular formula is C26H22Cl2O5. The van der Waals surface area contributed by atoms with Crippen LogP contribution in [0.5, 0.6) is 23.0 Å². The Morgan fingerprint density at radius 2 is 1.30 bits per heavy atom. The third kappa shape index (κ3) is 3.42. The van der Waals surface area contributed by atoms with Crippen molar-refractivity contribution in [2.24, 2.45) is 0 Å². The average molecular weight is 485 g/mol. The van der Waals surface area contributed by atoms with Crippen LogP contribution in [-0.2, 0) is 10.3 Å². The van der Waals surface area contributed by atoms with E-state index in [1.165, 1.54) is 0 Å². The molecule has 0 aromatic heterocycles. The number of halogens is 2. The van der Waals surface area contributed by atoms with Gasteiger partial charge in [-0.05, 0) is 45.9 Å². The first-order chi connectivity index (χ1) is 15.7. The van der Waals surface area contributed by atoms with E-state index in [-0.39, 0.29) is 12.2 Å². The molecule has 0 amide bonds. The van der Waals surface area contributed by atoms with Crippen LogP contribution in [0.2, 0.25) is 10.0 Å². The first kappa shape index (κ1) is 21.9. The molecule has 2 aliphatic rings. The van der Waals surface area contributed by atoms with Crippen LogP contribution in [-0.4, -0.2) is 18.2 Å². The number of hydrogen-bond donors (Lipinski definition) is 0. The zero-order valence-electron chi connectivity index (χ0n) is 18.6. The van der Waals surface area contributed by atoms with Crippen molar-refractivity contribution in [3.8, 4) is 23.0 Å². The highest BCUT2D eigenvalue weighted by atomic mass is 35.5. The van der Waals surface area contributed by atoms with E-state index in [1.807, 2.05) is 39.8 Å². The van der Waals surface area contributed by atoms with Crippen LogP contribution in [0.15, 0.2) is 48.5 Å². The second kappa shape index (κ2) is 7.86. The molecule has 0 fully saturated rings. The predicted molar refractivity (Wildman–Crippen MR) is 126 cm³/mol. The third-order valence-electron chi connectivity index (χ3n) is 5.54. The maximum Gasteiger partial charge on any atom is 0.340 e. The highest BCUT2D eigenvalue weighted by Crippen LogP contribution is 2.58. The van der Waals surface area contributed by atoms with E-state index < -0.39 is 11.6 Å². The Balaban J connectivity index is 1.81. The summed E-state index contributed by atoms with van der Waals surface area (Å²) >= 11 is 13.2. The van der Waals surface area contributed by atoms with Crippen molar-refractivity contribution in [1.82, 2.24) is 0 Å². The van der Waals surface area contributed by atoms with Crippen molar-refractivity contribution < 1.29 is 23.7 Å².